The van der Waals surface area contributed by atoms with Gasteiger partial charge in [-0.2, -0.15) is 0 Å². The van der Waals surface area contributed by atoms with E-state index in [1.165, 1.54) is 16.3 Å². The molecule has 0 atom stereocenters. The molecule has 0 amide bonds. The molecule has 0 heterocycles. The van der Waals surface area contributed by atoms with Crippen molar-refractivity contribution in [1.29, 1.82) is 0 Å². The van der Waals surface area contributed by atoms with Crippen molar-refractivity contribution in [2.75, 3.05) is 6.61 Å². The number of ether oxygens (including phenoxy) is 1. The summed E-state index contributed by atoms with van der Waals surface area (Å²) in [5, 5.41) is 2.40. The average Bonchev–Trinajstić information content (AvgIpc) is 2.49. The molecule has 0 aliphatic carbocycles. The predicted molar refractivity (Wildman–Crippen MR) is 79.6 cm³/mol. The second-order valence-electron chi connectivity index (χ2n) is 4.56. The van der Waals surface area contributed by atoms with Crippen LogP contribution in [-0.4, -0.2) is 6.61 Å². The van der Waals surface area contributed by atoms with Crippen LogP contribution in [0.4, 0.5) is 0 Å². The lowest BCUT2D eigenvalue weighted by molar-refractivity contribution is 0.326. The fourth-order valence-electron chi connectivity index (χ4n) is 2.25. The molecule has 1 nitrogen and oxygen atoms in total. The number of hydrogen-bond acceptors (Lipinski definition) is 1. The van der Waals surface area contributed by atoms with Gasteiger partial charge >= 0.3 is 0 Å². The highest BCUT2D eigenvalue weighted by Crippen LogP contribution is 2.25. The Morgan fingerprint density at radius 2 is 1.42 bits per heavy atom. The number of hydrogen-bond donors (Lipinski definition) is 0. The van der Waals surface area contributed by atoms with E-state index in [4.69, 9.17) is 4.74 Å². The van der Waals surface area contributed by atoms with Crippen molar-refractivity contribution in [3.63, 3.8) is 0 Å². The minimum atomic E-state index is 0.706. The van der Waals surface area contributed by atoms with E-state index >= 15 is 0 Å². The molecule has 0 fully saturated rings. The molecule has 0 unspecified atom stereocenters. The number of rotatable bonds is 4. The fraction of sp³-hybridized carbons (Fsp3) is 0.111. The van der Waals surface area contributed by atoms with E-state index in [9.17, 15) is 0 Å². The predicted octanol–water partition coefficient (Wildman–Crippen LogP) is 4.46. The standard InChI is InChI=1S/C18H16O/c1-2-7-15(8-3-1)13-14-19-18-12-6-10-16-9-4-5-11-17(16)18/h1-12H,13-14H2. The number of fused-ring (bicyclic) bond motifs is 1. The van der Waals surface area contributed by atoms with Gasteiger partial charge in [0.05, 0.1) is 6.61 Å². The third-order valence-corrected chi connectivity index (χ3v) is 3.24. The quantitative estimate of drug-likeness (QED) is 0.662. The van der Waals surface area contributed by atoms with Gasteiger partial charge in [0, 0.05) is 11.8 Å². The highest BCUT2D eigenvalue weighted by Gasteiger charge is 2.01. The van der Waals surface area contributed by atoms with E-state index < -0.39 is 0 Å². The first-order valence-corrected chi connectivity index (χ1v) is 6.58. The Morgan fingerprint density at radius 1 is 0.684 bits per heavy atom. The average molecular weight is 248 g/mol. The highest BCUT2D eigenvalue weighted by atomic mass is 16.5. The lowest BCUT2D eigenvalue weighted by Crippen LogP contribution is -2.01. The molecule has 19 heavy (non-hydrogen) atoms. The first-order valence-electron chi connectivity index (χ1n) is 6.58. The zero-order valence-corrected chi connectivity index (χ0v) is 10.8. The Labute approximate surface area is 113 Å². The molecule has 0 aliphatic heterocycles. The summed E-state index contributed by atoms with van der Waals surface area (Å²) in [6.07, 6.45) is 0.935. The van der Waals surface area contributed by atoms with Crippen LogP contribution in [0.2, 0.25) is 0 Å². The van der Waals surface area contributed by atoms with Gasteiger partial charge < -0.3 is 4.74 Å². The molecule has 0 aliphatic rings. The van der Waals surface area contributed by atoms with E-state index in [0.29, 0.717) is 6.61 Å². The van der Waals surface area contributed by atoms with Crippen LogP contribution < -0.4 is 4.74 Å². The molecule has 3 aromatic rings. The van der Waals surface area contributed by atoms with E-state index in [1.54, 1.807) is 0 Å². The van der Waals surface area contributed by atoms with E-state index in [-0.39, 0.29) is 0 Å². The van der Waals surface area contributed by atoms with Crippen LogP contribution in [-0.2, 0) is 6.42 Å². The summed E-state index contributed by atoms with van der Waals surface area (Å²) in [6, 6.07) is 24.9. The van der Waals surface area contributed by atoms with Gasteiger partial charge in [0.25, 0.3) is 0 Å². The van der Waals surface area contributed by atoms with Crippen molar-refractivity contribution in [2.45, 2.75) is 6.42 Å². The van der Waals surface area contributed by atoms with Gasteiger partial charge in [0.1, 0.15) is 5.75 Å². The zero-order valence-electron chi connectivity index (χ0n) is 10.8. The molecule has 3 rings (SSSR count). The second-order valence-corrected chi connectivity index (χ2v) is 4.56. The normalized spacial score (nSPS) is 10.5. The largest absolute Gasteiger partial charge is 0.493 e. The fourth-order valence-corrected chi connectivity index (χ4v) is 2.25. The Kier molecular flexibility index (Phi) is 3.46. The second kappa shape index (κ2) is 5.57. The lowest BCUT2D eigenvalue weighted by atomic mass is 10.1. The molecular formula is C18H16O. The third-order valence-electron chi connectivity index (χ3n) is 3.24. The van der Waals surface area contributed by atoms with E-state index in [0.717, 1.165) is 12.2 Å². The summed E-state index contributed by atoms with van der Waals surface area (Å²) >= 11 is 0. The molecule has 0 N–H and O–H groups in total. The minimum Gasteiger partial charge on any atom is -0.493 e. The molecule has 0 bridgehead atoms. The van der Waals surface area contributed by atoms with Crippen LogP contribution in [0, 0.1) is 0 Å². The van der Waals surface area contributed by atoms with Crippen molar-refractivity contribution >= 4 is 10.8 Å². The molecule has 3 aromatic carbocycles. The smallest absolute Gasteiger partial charge is 0.127 e. The van der Waals surface area contributed by atoms with Gasteiger partial charge in [-0.3, -0.25) is 0 Å². The molecule has 1 heteroatoms. The topological polar surface area (TPSA) is 9.23 Å². The summed E-state index contributed by atoms with van der Waals surface area (Å²) in [6.45, 7) is 0.706. The number of benzene rings is 3. The summed E-state index contributed by atoms with van der Waals surface area (Å²) in [5.41, 5.74) is 1.31. The first-order chi connectivity index (χ1) is 9.43. The first kappa shape index (κ1) is 11.8. The van der Waals surface area contributed by atoms with Crippen LogP contribution in [0.25, 0.3) is 10.8 Å². The maximum absolute atomic E-state index is 5.92. The van der Waals surface area contributed by atoms with Crippen molar-refractivity contribution in [1.82, 2.24) is 0 Å². The van der Waals surface area contributed by atoms with Gasteiger partial charge in [0.15, 0.2) is 0 Å². The van der Waals surface area contributed by atoms with Crippen molar-refractivity contribution in [3.05, 3.63) is 78.4 Å². The monoisotopic (exact) mass is 248 g/mol. The zero-order chi connectivity index (χ0) is 12.9. The molecule has 0 saturated heterocycles. The van der Waals surface area contributed by atoms with E-state index in [2.05, 4.69) is 48.5 Å². The Morgan fingerprint density at radius 3 is 2.32 bits per heavy atom. The molecule has 0 spiro atoms. The maximum Gasteiger partial charge on any atom is 0.127 e. The summed E-state index contributed by atoms with van der Waals surface area (Å²) in [5.74, 6) is 0.967. The van der Waals surface area contributed by atoms with Crippen molar-refractivity contribution in [3.8, 4) is 5.75 Å². The highest BCUT2D eigenvalue weighted by molar-refractivity contribution is 5.88. The van der Waals surface area contributed by atoms with Gasteiger partial charge in [-0.1, -0.05) is 66.7 Å². The van der Waals surface area contributed by atoms with Crippen LogP contribution in [0.5, 0.6) is 5.75 Å². The Bertz CT molecular complexity index is 653. The van der Waals surface area contributed by atoms with Crippen LogP contribution in [0.1, 0.15) is 5.56 Å². The van der Waals surface area contributed by atoms with Gasteiger partial charge in [0.2, 0.25) is 0 Å². The molecule has 94 valence electrons. The van der Waals surface area contributed by atoms with Gasteiger partial charge in [-0.15, -0.1) is 0 Å². The molecular weight excluding hydrogens is 232 g/mol. The van der Waals surface area contributed by atoms with Crippen molar-refractivity contribution in [2.24, 2.45) is 0 Å². The lowest BCUT2D eigenvalue weighted by Gasteiger charge is -2.09. The van der Waals surface area contributed by atoms with Crippen LogP contribution >= 0.6 is 0 Å². The SMILES string of the molecule is c1ccc(CCOc2cccc3ccccc23)cc1. The van der Waals surface area contributed by atoms with Gasteiger partial charge in [-0.25, -0.2) is 0 Å². The van der Waals surface area contributed by atoms with Crippen LogP contribution in [0.15, 0.2) is 72.8 Å². The van der Waals surface area contributed by atoms with Crippen LogP contribution in [0.3, 0.4) is 0 Å². The molecule has 0 saturated carbocycles. The molecule has 0 aromatic heterocycles. The van der Waals surface area contributed by atoms with Gasteiger partial charge in [-0.05, 0) is 17.0 Å². The molecule has 0 radical (unpaired) electrons. The summed E-state index contributed by atoms with van der Waals surface area (Å²) in [4.78, 5) is 0. The Balaban J connectivity index is 1.72. The third kappa shape index (κ3) is 2.76. The van der Waals surface area contributed by atoms with Crippen molar-refractivity contribution < 1.29 is 4.74 Å². The van der Waals surface area contributed by atoms with E-state index in [1.807, 2.05) is 24.3 Å². The summed E-state index contributed by atoms with van der Waals surface area (Å²) < 4.78 is 5.92. The Hall–Kier alpha value is -2.28. The minimum absolute atomic E-state index is 0.706. The maximum atomic E-state index is 5.92. The summed E-state index contributed by atoms with van der Waals surface area (Å²) in [7, 11) is 0.